The zero-order chi connectivity index (χ0) is 34.0. The van der Waals surface area contributed by atoms with Crippen molar-refractivity contribution in [3.63, 3.8) is 0 Å². The minimum absolute atomic E-state index is 0.422. The Morgan fingerprint density at radius 3 is 1.77 bits per heavy atom. The molecule has 0 aliphatic heterocycles. The Kier molecular flexibility index (Phi) is 5.62. The molecule has 0 unspecified atom stereocenters. The first-order valence-electron chi connectivity index (χ1n) is 17.9. The average Bonchev–Trinajstić information content (AvgIpc) is 3.94. The molecule has 0 amide bonds. The predicted molar refractivity (Wildman–Crippen MR) is 218 cm³/mol. The number of benzene rings is 8. The molecule has 2 nitrogen and oxygen atoms in total. The molecular weight excluding hydrogens is 651 g/mol. The summed E-state index contributed by atoms with van der Waals surface area (Å²) in [5.74, 6) is 0. The summed E-state index contributed by atoms with van der Waals surface area (Å²) in [4.78, 5) is 2.44. The van der Waals surface area contributed by atoms with Crippen LogP contribution < -0.4 is 4.90 Å². The van der Waals surface area contributed by atoms with Gasteiger partial charge in [-0.3, -0.25) is 0 Å². The second kappa shape index (κ2) is 10.3. The SMILES string of the molecule is c1ccc(N(c2ccc3c(c2)C2(c4ccccc4-c4ccccc42)c2ccccc2-3)c2cccc3oc4ccc5c6ccccc6sc5c4c23)cc1. The van der Waals surface area contributed by atoms with Gasteiger partial charge >= 0.3 is 0 Å². The maximum Gasteiger partial charge on any atom is 0.137 e. The molecule has 2 heterocycles. The van der Waals surface area contributed by atoms with Gasteiger partial charge in [-0.2, -0.15) is 0 Å². The second-order valence-corrected chi connectivity index (χ2v) is 15.0. The molecule has 3 heteroatoms. The van der Waals surface area contributed by atoms with Crippen molar-refractivity contribution >= 4 is 70.5 Å². The number of hydrogen-bond acceptors (Lipinski definition) is 3. The summed E-state index contributed by atoms with van der Waals surface area (Å²) in [6.45, 7) is 0. The van der Waals surface area contributed by atoms with Crippen molar-refractivity contribution in [3.8, 4) is 22.3 Å². The Labute approximate surface area is 304 Å². The van der Waals surface area contributed by atoms with Crippen LogP contribution in [0.2, 0.25) is 0 Å². The molecule has 242 valence electrons. The van der Waals surface area contributed by atoms with Crippen LogP contribution in [0.25, 0.3) is 64.4 Å². The molecule has 12 rings (SSSR count). The van der Waals surface area contributed by atoms with Gasteiger partial charge in [0.05, 0.1) is 16.5 Å². The van der Waals surface area contributed by atoms with Crippen LogP contribution in [0.1, 0.15) is 22.3 Å². The van der Waals surface area contributed by atoms with Crippen molar-refractivity contribution in [2.45, 2.75) is 5.41 Å². The monoisotopic (exact) mass is 679 g/mol. The largest absolute Gasteiger partial charge is 0.456 e. The van der Waals surface area contributed by atoms with E-state index in [1.807, 2.05) is 11.3 Å². The Hall–Kier alpha value is -6.42. The highest BCUT2D eigenvalue weighted by Crippen LogP contribution is 2.63. The van der Waals surface area contributed by atoms with Crippen LogP contribution in [0.3, 0.4) is 0 Å². The van der Waals surface area contributed by atoms with Crippen LogP contribution in [0, 0.1) is 0 Å². The van der Waals surface area contributed by atoms with E-state index in [0.717, 1.165) is 33.6 Å². The molecule has 0 radical (unpaired) electrons. The van der Waals surface area contributed by atoms with E-state index in [1.54, 1.807) is 0 Å². The summed E-state index contributed by atoms with van der Waals surface area (Å²) in [7, 11) is 0. The molecule has 1 spiro atoms. The van der Waals surface area contributed by atoms with Gasteiger partial charge < -0.3 is 9.32 Å². The molecule has 0 bridgehead atoms. The summed E-state index contributed by atoms with van der Waals surface area (Å²) in [5.41, 5.74) is 15.3. The fourth-order valence-corrected chi connectivity index (χ4v) is 10.7. The molecule has 52 heavy (non-hydrogen) atoms. The van der Waals surface area contributed by atoms with Crippen LogP contribution in [0.5, 0.6) is 0 Å². The molecule has 10 aromatic rings. The van der Waals surface area contributed by atoms with Crippen molar-refractivity contribution in [1.82, 2.24) is 0 Å². The van der Waals surface area contributed by atoms with E-state index in [1.165, 1.54) is 70.1 Å². The molecule has 0 saturated heterocycles. The minimum atomic E-state index is -0.422. The summed E-state index contributed by atoms with van der Waals surface area (Å²) in [5, 5.41) is 4.87. The number of hydrogen-bond donors (Lipinski definition) is 0. The van der Waals surface area contributed by atoms with Crippen molar-refractivity contribution in [2.75, 3.05) is 4.90 Å². The first-order chi connectivity index (χ1) is 25.8. The van der Waals surface area contributed by atoms with Crippen LogP contribution in [0.15, 0.2) is 180 Å². The summed E-state index contributed by atoms with van der Waals surface area (Å²) in [6.07, 6.45) is 0. The van der Waals surface area contributed by atoms with E-state index in [2.05, 4.69) is 181 Å². The molecule has 0 N–H and O–H groups in total. The van der Waals surface area contributed by atoms with Gasteiger partial charge in [0.25, 0.3) is 0 Å². The van der Waals surface area contributed by atoms with E-state index >= 15 is 0 Å². The highest BCUT2D eigenvalue weighted by atomic mass is 32.1. The van der Waals surface area contributed by atoms with E-state index in [9.17, 15) is 0 Å². The van der Waals surface area contributed by atoms with Gasteiger partial charge in [-0.15, -0.1) is 11.3 Å². The highest BCUT2D eigenvalue weighted by molar-refractivity contribution is 7.26. The zero-order valence-electron chi connectivity index (χ0n) is 28.0. The van der Waals surface area contributed by atoms with Gasteiger partial charge in [-0.1, -0.05) is 121 Å². The van der Waals surface area contributed by atoms with Crippen LogP contribution in [-0.4, -0.2) is 0 Å². The fraction of sp³-hybridized carbons (Fsp3) is 0.0204. The lowest BCUT2D eigenvalue weighted by molar-refractivity contribution is 0.669. The van der Waals surface area contributed by atoms with Gasteiger partial charge in [0, 0.05) is 36.9 Å². The second-order valence-electron chi connectivity index (χ2n) is 14.0. The number of fused-ring (bicyclic) bond motifs is 17. The lowest BCUT2D eigenvalue weighted by atomic mass is 9.70. The maximum atomic E-state index is 6.67. The number of nitrogens with zero attached hydrogens (tertiary/aromatic N) is 1. The van der Waals surface area contributed by atoms with Crippen molar-refractivity contribution in [1.29, 1.82) is 0 Å². The minimum Gasteiger partial charge on any atom is -0.456 e. The lowest BCUT2D eigenvalue weighted by Crippen LogP contribution is -2.26. The Balaban J connectivity index is 1.18. The van der Waals surface area contributed by atoms with Crippen LogP contribution in [-0.2, 0) is 5.41 Å². The molecular formula is C49H29NOS. The normalized spacial score (nSPS) is 13.5. The Morgan fingerprint density at radius 2 is 1.04 bits per heavy atom. The van der Waals surface area contributed by atoms with Crippen LogP contribution >= 0.6 is 11.3 Å². The fourth-order valence-electron chi connectivity index (χ4n) is 9.48. The quantitative estimate of drug-likeness (QED) is 0.185. The van der Waals surface area contributed by atoms with E-state index < -0.39 is 5.41 Å². The number of furan rings is 1. The molecule has 0 saturated carbocycles. The Morgan fingerprint density at radius 1 is 0.423 bits per heavy atom. The Bertz CT molecular complexity index is 3030. The maximum absolute atomic E-state index is 6.67. The molecule has 2 aliphatic carbocycles. The number of para-hydroxylation sites is 1. The van der Waals surface area contributed by atoms with Crippen molar-refractivity contribution in [3.05, 3.63) is 198 Å². The van der Waals surface area contributed by atoms with Crippen LogP contribution in [0.4, 0.5) is 17.1 Å². The van der Waals surface area contributed by atoms with Gasteiger partial charge in [0.15, 0.2) is 0 Å². The predicted octanol–water partition coefficient (Wildman–Crippen LogP) is 13.8. The number of thiophene rings is 1. The average molecular weight is 680 g/mol. The summed E-state index contributed by atoms with van der Waals surface area (Å²) in [6, 6.07) is 64.6. The number of anilines is 3. The zero-order valence-corrected chi connectivity index (χ0v) is 28.8. The van der Waals surface area contributed by atoms with E-state index in [4.69, 9.17) is 4.42 Å². The molecule has 2 aliphatic rings. The van der Waals surface area contributed by atoms with E-state index in [0.29, 0.717) is 0 Å². The third-order valence-electron chi connectivity index (χ3n) is 11.5. The first kappa shape index (κ1) is 28.3. The van der Waals surface area contributed by atoms with Gasteiger partial charge in [-0.25, -0.2) is 0 Å². The van der Waals surface area contributed by atoms with Gasteiger partial charge in [0.2, 0.25) is 0 Å². The standard InChI is InChI=1S/C49H29NOS/c1-2-13-30(14-3-1)50(42-22-12-23-43-46(42)47-44(51-43)28-27-37-36-18-7-11-24-45(36)52-48(37)47)31-25-26-35-34-17-6-10-21-40(34)49(41(35)29-31)38-19-8-4-15-32(38)33-16-5-9-20-39(33)49/h1-29H. The van der Waals surface area contributed by atoms with Gasteiger partial charge in [-0.05, 0) is 99.1 Å². The first-order valence-corrected chi connectivity index (χ1v) is 18.7. The van der Waals surface area contributed by atoms with Crippen molar-refractivity contribution < 1.29 is 4.42 Å². The third-order valence-corrected chi connectivity index (χ3v) is 12.7. The molecule has 2 aromatic heterocycles. The highest BCUT2D eigenvalue weighted by Gasteiger charge is 2.51. The lowest BCUT2D eigenvalue weighted by Gasteiger charge is -2.32. The topological polar surface area (TPSA) is 16.4 Å². The third kappa shape index (κ3) is 3.53. The van der Waals surface area contributed by atoms with E-state index in [-0.39, 0.29) is 0 Å². The summed E-state index contributed by atoms with van der Waals surface area (Å²) >= 11 is 1.85. The summed E-state index contributed by atoms with van der Waals surface area (Å²) < 4.78 is 9.22. The molecule has 0 fully saturated rings. The van der Waals surface area contributed by atoms with Crippen molar-refractivity contribution in [2.24, 2.45) is 0 Å². The van der Waals surface area contributed by atoms with Gasteiger partial charge in [0.1, 0.15) is 11.2 Å². The molecule has 8 aromatic carbocycles. The smallest absolute Gasteiger partial charge is 0.137 e. The molecule has 0 atom stereocenters. The number of rotatable bonds is 3.